The fourth-order valence-corrected chi connectivity index (χ4v) is 2.50. The Morgan fingerprint density at radius 2 is 2.31 bits per heavy atom. The van der Waals surface area contributed by atoms with Crippen LogP contribution in [0, 0.1) is 6.92 Å². The SMILES string of the molecule is Cc1ccc2c(c1)C(CN)N(CC(C)O)C2. The third-order valence-corrected chi connectivity index (χ3v) is 3.20. The van der Waals surface area contributed by atoms with Crippen LogP contribution < -0.4 is 5.73 Å². The highest BCUT2D eigenvalue weighted by Gasteiger charge is 2.29. The molecule has 0 saturated heterocycles. The van der Waals surface area contributed by atoms with E-state index in [-0.39, 0.29) is 12.1 Å². The highest BCUT2D eigenvalue weighted by molar-refractivity contribution is 5.37. The molecule has 3 nitrogen and oxygen atoms in total. The minimum absolute atomic E-state index is 0.268. The van der Waals surface area contributed by atoms with Gasteiger partial charge in [-0.15, -0.1) is 0 Å². The van der Waals surface area contributed by atoms with Crippen LogP contribution in [0.1, 0.15) is 29.7 Å². The van der Waals surface area contributed by atoms with Gasteiger partial charge in [0.15, 0.2) is 0 Å². The first kappa shape index (κ1) is 11.6. The molecule has 0 aromatic heterocycles. The van der Waals surface area contributed by atoms with Gasteiger partial charge >= 0.3 is 0 Å². The Kier molecular flexibility index (Phi) is 3.28. The topological polar surface area (TPSA) is 49.5 Å². The molecule has 0 aliphatic carbocycles. The van der Waals surface area contributed by atoms with E-state index in [9.17, 15) is 5.11 Å². The maximum Gasteiger partial charge on any atom is 0.0639 e. The number of fused-ring (bicyclic) bond motifs is 1. The molecule has 1 aliphatic rings. The van der Waals surface area contributed by atoms with Crippen molar-refractivity contribution in [2.45, 2.75) is 32.5 Å². The quantitative estimate of drug-likeness (QED) is 0.804. The summed E-state index contributed by atoms with van der Waals surface area (Å²) in [5.74, 6) is 0. The maximum atomic E-state index is 9.48. The third-order valence-electron chi connectivity index (χ3n) is 3.20. The minimum Gasteiger partial charge on any atom is -0.392 e. The Hall–Kier alpha value is -0.900. The standard InChI is InChI=1S/C13H20N2O/c1-9-3-4-11-8-15(7-10(2)16)13(6-14)12(11)5-9/h3-5,10,13,16H,6-8,14H2,1-2H3. The minimum atomic E-state index is -0.301. The van der Waals surface area contributed by atoms with Crippen molar-refractivity contribution in [1.29, 1.82) is 0 Å². The normalized spacial score (nSPS) is 22.1. The summed E-state index contributed by atoms with van der Waals surface area (Å²) in [7, 11) is 0. The van der Waals surface area contributed by atoms with E-state index in [1.807, 2.05) is 6.92 Å². The number of hydrogen-bond donors (Lipinski definition) is 2. The van der Waals surface area contributed by atoms with E-state index in [1.165, 1.54) is 16.7 Å². The molecule has 1 aliphatic heterocycles. The largest absolute Gasteiger partial charge is 0.392 e. The second kappa shape index (κ2) is 4.53. The Labute approximate surface area is 96.9 Å². The molecule has 0 amide bonds. The van der Waals surface area contributed by atoms with Crippen molar-refractivity contribution in [3.05, 3.63) is 34.9 Å². The van der Waals surface area contributed by atoms with Crippen molar-refractivity contribution < 1.29 is 5.11 Å². The van der Waals surface area contributed by atoms with E-state index in [1.54, 1.807) is 0 Å². The van der Waals surface area contributed by atoms with E-state index in [0.29, 0.717) is 13.1 Å². The van der Waals surface area contributed by atoms with Crippen molar-refractivity contribution in [2.24, 2.45) is 5.73 Å². The first-order valence-corrected chi connectivity index (χ1v) is 5.83. The maximum absolute atomic E-state index is 9.48. The molecule has 3 heteroatoms. The number of benzene rings is 1. The van der Waals surface area contributed by atoms with E-state index in [4.69, 9.17) is 5.73 Å². The van der Waals surface area contributed by atoms with Crippen molar-refractivity contribution in [3.8, 4) is 0 Å². The number of β-amino-alcohol motifs (C(OH)–C–C–N with tert-alkyl or cyclic N) is 1. The highest BCUT2D eigenvalue weighted by Crippen LogP contribution is 2.33. The number of aliphatic hydroxyl groups excluding tert-OH is 1. The van der Waals surface area contributed by atoms with Crippen molar-refractivity contribution >= 4 is 0 Å². The van der Waals surface area contributed by atoms with Crippen molar-refractivity contribution in [1.82, 2.24) is 4.90 Å². The average molecular weight is 220 g/mol. The van der Waals surface area contributed by atoms with Gasteiger partial charge in [0, 0.05) is 25.7 Å². The van der Waals surface area contributed by atoms with Gasteiger partial charge in [-0.1, -0.05) is 23.8 Å². The van der Waals surface area contributed by atoms with Crippen LogP contribution >= 0.6 is 0 Å². The van der Waals surface area contributed by atoms with Crippen molar-refractivity contribution in [2.75, 3.05) is 13.1 Å². The van der Waals surface area contributed by atoms with Crippen LogP contribution in [0.4, 0.5) is 0 Å². The second-order valence-electron chi connectivity index (χ2n) is 4.73. The van der Waals surface area contributed by atoms with Crippen LogP contribution in [-0.2, 0) is 6.54 Å². The zero-order chi connectivity index (χ0) is 11.7. The number of aliphatic hydroxyl groups is 1. The van der Waals surface area contributed by atoms with Gasteiger partial charge in [0.25, 0.3) is 0 Å². The van der Waals surface area contributed by atoms with Gasteiger partial charge in [-0.25, -0.2) is 0 Å². The smallest absolute Gasteiger partial charge is 0.0639 e. The van der Waals surface area contributed by atoms with E-state index >= 15 is 0 Å². The zero-order valence-electron chi connectivity index (χ0n) is 9.98. The Morgan fingerprint density at radius 1 is 1.56 bits per heavy atom. The predicted octanol–water partition coefficient (Wildman–Crippen LogP) is 1.19. The number of nitrogens with zero attached hydrogens (tertiary/aromatic N) is 1. The number of nitrogens with two attached hydrogens (primary N) is 1. The van der Waals surface area contributed by atoms with Gasteiger partial charge < -0.3 is 10.8 Å². The van der Waals surface area contributed by atoms with Crippen LogP contribution in [0.2, 0.25) is 0 Å². The molecule has 88 valence electrons. The highest BCUT2D eigenvalue weighted by atomic mass is 16.3. The summed E-state index contributed by atoms with van der Waals surface area (Å²) in [6, 6.07) is 6.80. The lowest BCUT2D eigenvalue weighted by Gasteiger charge is -2.24. The molecule has 1 heterocycles. The van der Waals surface area contributed by atoms with E-state index in [2.05, 4.69) is 30.0 Å². The average Bonchev–Trinajstić information content (AvgIpc) is 2.53. The number of aryl methyl sites for hydroxylation is 1. The monoisotopic (exact) mass is 220 g/mol. The van der Waals surface area contributed by atoms with Crippen LogP contribution in [-0.4, -0.2) is 29.2 Å². The van der Waals surface area contributed by atoms with Crippen LogP contribution in [0.25, 0.3) is 0 Å². The molecule has 2 atom stereocenters. The van der Waals surface area contributed by atoms with E-state index < -0.39 is 0 Å². The van der Waals surface area contributed by atoms with Crippen LogP contribution in [0.15, 0.2) is 18.2 Å². The molecule has 2 rings (SSSR count). The molecule has 16 heavy (non-hydrogen) atoms. The van der Waals surface area contributed by atoms with Gasteiger partial charge in [-0.3, -0.25) is 4.90 Å². The molecule has 2 unspecified atom stereocenters. The number of hydrogen-bond acceptors (Lipinski definition) is 3. The molecule has 1 aromatic carbocycles. The molecule has 0 fully saturated rings. The van der Waals surface area contributed by atoms with Crippen LogP contribution in [0.5, 0.6) is 0 Å². The van der Waals surface area contributed by atoms with Crippen molar-refractivity contribution in [3.63, 3.8) is 0 Å². The fraction of sp³-hybridized carbons (Fsp3) is 0.538. The molecular formula is C13H20N2O. The summed E-state index contributed by atoms with van der Waals surface area (Å²) < 4.78 is 0. The first-order valence-electron chi connectivity index (χ1n) is 5.83. The molecule has 3 N–H and O–H groups in total. The Balaban J connectivity index is 2.26. The summed E-state index contributed by atoms with van der Waals surface area (Å²) in [6.45, 7) is 6.13. The van der Waals surface area contributed by atoms with Gasteiger partial charge in [0.1, 0.15) is 0 Å². The predicted molar refractivity (Wildman–Crippen MR) is 65.1 cm³/mol. The summed E-state index contributed by atoms with van der Waals surface area (Å²) in [6.07, 6.45) is -0.301. The summed E-state index contributed by atoms with van der Waals surface area (Å²) in [4.78, 5) is 2.26. The summed E-state index contributed by atoms with van der Waals surface area (Å²) in [5.41, 5.74) is 9.80. The third kappa shape index (κ3) is 2.12. The lowest BCUT2D eigenvalue weighted by Crippen LogP contribution is -2.33. The van der Waals surface area contributed by atoms with E-state index in [0.717, 1.165) is 6.54 Å². The molecule has 1 aromatic rings. The van der Waals surface area contributed by atoms with Gasteiger partial charge in [-0.05, 0) is 25.0 Å². The Bertz CT molecular complexity index is 376. The lowest BCUT2D eigenvalue weighted by atomic mass is 10.0. The second-order valence-corrected chi connectivity index (χ2v) is 4.73. The Morgan fingerprint density at radius 3 is 2.94 bits per heavy atom. The molecule has 0 saturated carbocycles. The molecule has 0 bridgehead atoms. The van der Waals surface area contributed by atoms with Gasteiger partial charge in [-0.2, -0.15) is 0 Å². The molecular weight excluding hydrogens is 200 g/mol. The zero-order valence-corrected chi connectivity index (χ0v) is 9.98. The van der Waals surface area contributed by atoms with Gasteiger partial charge in [0.05, 0.1) is 6.10 Å². The van der Waals surface area contributed by atoms with Gasteiger partial charge in [0.2, 0.25) is 0 Å². The molecule has 0 radical (unpaired) electrons. The first-order chi connectivity index (χ1) is 7.61. The van der Waals surface area contributed by atoms with Crippen LogP contribution in [0.3, 0.4) is 0 Å². The number of rotatable bonds is 3. The lowest BCUT2D eigenvalue weighted by molar-refractivity contribution is 0.105. The summed E-state index contributed by atoms with van der Waals surface area (Å²) in [5, 5.41) is 9.48. The molecule has 0 spiro atoms. The fourth-order valence-electron chi connectivity index (χ4n) is 2.50. The summed E-state index contributed by atoms with van der Waals surface area (Å²) >= 11 is 0.